The predicted octanol–water partition coefficient (Wildman–Crippen LogP) is 2.37. The number of rotatable bonds is 3. The van der Waals surface area contributed by atoms with Gasteiger partial charge < -0.3 is 10.4 Å². The lowest BCUT2D eigenvalue weighted by molar-refractivity contribution is 0.0692. The number of nitrogens with one attached hydrogen (secondary N) is 1. The Bertz CT molecular complexity index is 602. The molecule has 0 radical (unpaired) electrons. The van der Waals surface area contributed by atoms with Crippen LogP contribution in [-0.4, -0.2) is 21.0 Å². The van der Waals surface area contributed by atoms with Crippen molar-refractivity contribution in [1.29, 1.82) is 0 Å². The van der Waals surface area contributed by atoms with Crippen LogP contribution in [0, 0.1) is 12.7 Å². The van der Waals surface area contributed by atoms with Gasteiger partial charge in [-0.15, -0.1) is 0 Å². The number of benzene rings is 1. The number of hydrogen-bond donors (Lipinski definition) is 2. The molecule has 6 heteroatoms. The fraction of sp³-hybridized carbons (Fsp3) is 0.0833. The minimum atomic E-state index is -1.29. The zero-order valence-electron chi connectivity index (χ0n) is 9.51. The van der Waals surface area contributed by atoms with Gasteiger partial charge in [0.05, 0.1) is 5.56 Å². The second kappa shape index (κ2) is 4.79. The quantitative estimate of drug-likeness (QED) is 0.870. The van der Waals surface area contributed by atoms with E-state index in [0.29, 0.717) is 17.3 Å². The molecule has 2 aromatic rings. The Kier molecular flexibility index (Phi) is 3.18. The van der Waals surface area contributed by atoms with Crippen molar-refractivity contribution in [2.45, 2.75) is 6.92 Å². The van der Waals surface area contributed by atoms with E-state index in [-0.39, 0.29) is 5.56 Å². The number of carbonyl (C=O) groups is 1. The Labute approximate surface area is 102 Å². The lowest BCUT2D eigenvalue weighted by Gasteiger charge is -2.06. The molecule has 1 aromatic carbocycles. The molecule has 0 fully saturated rings. The number of aryl methyl sites for hydroxylation is 1. The Hall–Kier alpha value is -2.50. The number of hydrogen-bond acceptors (Lipinski definition) is 4. The number of halogens is 1. The van der Waals surface area contributed by atoms with Gasteiger partial charge in [0.25, 0.3) is 0 Å². The van der Waals surface area contributed by atoms with Crippen molar-refractivity contribution in [2.75, 3.05) is 5.32 Å². The topological polar surface area (TPSA) is 75.1 Å². The first kappa shape index (κ1) is 12.0. The van der Waals surface area contributed by atoms with Gasteiger partial charge in [0.2, 0.25) is 0 Å². The van der Waals surface area contributed by atoms with E-state index in [2.05, 4.69) is 15.3 Å². The summed E-state index contributed by atoms with van der Waals surface area (Å²) in [6.45, 7) is 1.74. The normalized spacial score (nSPS) is 10.1. The van der Waals surface area contributed by atoms with Crippen molar-refractivity contribution in [3.8, 4) is 0 Å². The van der Waals surface area contributed by atoms with Crippen molar-refractivity contribution in [3.05, 3.63) is 47.7 Å². The number of carboxylic acid groups (broad SMARTS) is 1. The number of carboxylic acids is 1. The van der Waals surface area contributed by atoms with E-state index in [1.165, 1.54) is 12.1 Å². The fourth-order valence-corrected chi connectivity index (χ4v) is 1.44. The molecular weight excluding hydrogens is 237 g/mol. The lowest BCUT2D eigenvalue weighted by Crippen LogP contribution is -2.02. The molecule has 2 rings (SSSR count). The molecule has 0 aliphatic rings. The van der Waals surface area contributed by atoms with Crippen molar-refractivity contribution in [1.82, 2.24) is 9.97 Å². The largest absolute Gasteiger partial charge is 0.478 e. The lowest BCUT2D eigenvalue weighted by atomic mass is 10.2. The zero-order valence-corrected chi connectivity index (χ0v) is 9.51. The van der Waals surface area contributed by atoms with Gasteiger partial charge in [0.1, 0.15) is 17.5 Å². The predicted molar refractivity (Wildman–Crippen MR) is 63.4 cm³/mol. The van der Waals surface area contributed by atoms with Gasteiger partial charge in [0, 0.05) is 11.9 Å². The van der Waals surface area contributed by atoms with E-state index in [0.717, 1.165) is 6.07 Å². The summed E-state index contributed by atoms with van der Waals surface area (Å²) >= 11 is 0. The van der Waals surface area contributed by atoms with Crippen LogP contribution in [0.15, 0.2) is 30.5 Å². The summed E-state index contributed by atoms with van der Waals surface area (Å²) in [5.74, 6) is -0.984. The minimum Gasteiger partial charge on any atom is -0.478 e. The monoisotopic (exact) mass is 247 g/mol. The van der Waals surface area contributed by atoms with Crippen molar-refractivity contribution in [3.63, 3.8) is 0 Å². The molecule has 0 spiro atoms. The summed E-state index contributed by atoms with van der Waals surface area (Å²) < 4.78 is 13.4. The summed E-state index contributed by atoms with van der Waals surface area (Å²) in [6, 6.07) is 5.43. The molecule has 0 saturated heterocycles. The molecule has 5 nitrogen and oxygen atoms in total. The van der Waals surface area contributed by atoms with Crippen LogP contribution in [-0.2, 0) is 0 Å². The minimum absolute atomic E-state index is 0.362. The van der Waals surface area contributed by atoms with Crippen molar-refractivity contribution < 1.29 is 14.3 Å². The first-order valence-electron chi connectivity index (χ1n) is 5.16. The number of aromatic carboxylic acids is 1. The molecule has 0 saturated carbocycles. The van der Waals surface area contributed by atoms with E-state index in [1.807, 2.05) is 0 Å². The van der Waals surface area contributed by atoms with Gasteiger partial charge in [-0.1, -0.05) is 0 Å². The van der Waals surface area contributed by atoms with Gasteiger partial charge >= 0.3 is 5.97 Å². The molecule has 0 unspecified atom stereocenters. The fourth-order valence-electron chi connectivity index (χ4n) is 1.44. The number of nitrogens with zero attached hydrogens (tertiary/aromatic N) is 2. The van der Waals surface area contributed by atoms with Crippen LogP contribution in [0.4, 0.5) is 15.9 Å². The van der Waals surface area contributed by atoms with Crippen LogP contribution in [0.5, 0.6) is 0 Å². The van der Waals surface area contributed by atoms with Gasteiger partial charge in [-0.25, -0.2) is 19.2 Å². The van der Waals surface area contributed by atoms with Crippen LogP contribution in [0.3, 0.4) is 0 Å². The second-order valence-corrected chi connectivity index (χ2v) is 3.61. The first-order valence-corrected chi connectivity index (χ1v) is 5.16. The Balaban J connectivity index is 2.25. The maximum absolute atomic E-state index is 13.4. The molecule has 1 aromatic heterocycles. The SMILES string of the molecule is Cc1nccc(Nc2ccc(C(=O)O)c(F)c2)n1. The molecule has 0 aliphatic heterocycles. The summed E-state index contributed by atoms with van der Waals surface area (Å²) in [5.41, 5.74) is 0.0648. The van der Waals surface area contributed by atoms with E-state index >= 15 is 0 Å². The van der Waals surface area contributed by atoms with E-state index in [4.69, 9.17) is 5.11 Å². The third kappa shape index (κ3) is 2.60. The van der Waals surface area contributed by atoms with E-state index in [9.17, 15) is 9.18 Å². The molecule has 1 heterocycles. The maximum Gasteiger partial charge on any atom is 0.338 e. The average molecular weight is 247 g/mol. The molecule has 18 heavy (non-hydrogen) atoms. The van der Waals surface area contributed by atoms with Gasteiger partial charge in [-0.2, -0.15) is 0 Å². The van der Waals surface area contributed by atoms with Crippen molar-refractivity contribution >= 4 is 17.5 Å². The van der Waals surface area contributed by atoms with E-state index < -0.39 is 11.8 Å². The Morgan fingerprint density at radius 1 is 1.39 bits per heavy atom. The Morgan fingerprint density at radius 2 is 2.17 bits per heavy atom. The molecule has 0 atom stereocenters. The summed E-state index contributed by atoms with van der Waals surface area (Å²) in [6.07, 6.45) is 1.58. The van der Waals surface area contributed by atoms with Crippen molar-refractivity contribution in [2.24, 2.45) is 0 Å². The third-order valence-corrected chi connectivity index (χ3v) is 2.25. The summed E-state index contributed by atoms with van der Waals surface area (Å²) in [5, 5.41) is 11.6. The standard InChI is InChI=1S/C12H10FN3O2/c1-7-14-5-4-11(15-7)16-8-2-3-9(12(17)18)10(13)6-8/h2-6H,1H3,(H,17,18)(H,14,15,16). The number of aromatic nitrogens is 2. The molecular formula is C12H10FN3O2. The second-order valence-electron chi connectivity index (χ2n) is 3.61. The highest BCUT2D eigenvalue weighted by molar-refractivity contribution is 5.88. The van der Waals surface area contributed by atoms with Crippen LogP contribution in [0.1, 0.15) is 16.2 Å². The highest BCUT2D eigenvalue weighted by atomic mass is 19.1. The third-order valence-electron chi connectivity index (χ3n) is 2.25. The molecule has 92 valence electrons. The highest BCUT2D eigenvalue weighted by Gasteiger charge is 2.10. The zero-order chi connectivity index (χ0) is 13.1. The molecule has 0 bridgehead atoms. The van der Waals surface area contributed by atoms with Crippen LogP contribution in [0.2, 0.25) is 0 Å². The van der Waals surface area contributed by atoms with E-state index in [1.54, 1.807) is 19.2 Å². The summed E-state index contributed by atoms with van der Waals surface area (Å²) in [7, 11) is 0. The smallest absolute Gasteiger partial charge is 0.338 e. The molecule has 0 aliphatic carbocycles. The van der Waals surface area contributed by atoms with Gasteiger partial charge in [0.15, 0.2) is 0 Å². The average Bonchev–Trinajstić information content (AvgIpc) is 2.28. The maximum atomic E-state index is 13.4. The highest BCUT2D eigenvalue weighted by Crippen LogP contribution is 2.18. The van der Waals surface area contributed by atoms with Crippen LogP contribution in [0.25, 0.3) is 0 Å². The number of anilines is 2. The molecule has 0 amide bonds. The Morgan fingerprint density at radius 3 is 2.78 bits per heavy atom. The van der Waals surface area contributed by atoms with Crippen LogP contribution < -0.4 is 5.32 Å². The first-order chi connectivity index (χ1) is 8.56. The van der Waals surface area contributed by atoms with Gasteiger partial charge in [-0.05, 0) is 31.2 Å². The van der Waals surface area contributed by atoms with Gasteiger partial charge in [-0.3, -0.25) is 0 Å². The summed E-state index contributed by atoms with van der Waals surface area (Å²) in [4.78, 5) is 18.7. The van der Waals surface area contributed by atoms with Crippen LogP contribution >= 0.6 is 0 Å². The molecule has 2 N–H and O–H groups in total.